The second-order valence-corrected chi connectivity index (χ2v) is 7.37. The zero-order chi connectivity index (χ0) is 19.1. The second kappa shape index (κ2) is 6.44. The molecule has 0 radical (unpaired) electrons. The lowest BCUT2D eigenvalue weighted by molar-refractivity contribution is -0.148. The van der Waals surface area contributed by atoms with Crippen LogP contribution in [0.25, 0.3) is 11.2 Å². The molecule has 2 aromatic heterocycles. The van der Waals surface area contributed by atoms with Gasteiger partial charge in [-0.25, -0.2) is 14.8 Å². The molecule has 0 saturated carbocycles. The average molecular weight is 370 g/mol. The van der Waals surface area contributed by atoms with Gasteiger partial charge in [-0.3, -0.25) is 0 Å². The third kappa shape index (κ3) is 3.76. The fraction of sp³-hybridized carbons (Fsp3) is 0.588. The van der Waals surface area contributed by atoms with Gasteiger partial charge >= 0.3 is 12.3 Å². The third-order valence-electron chi connectivity index (χ3n) is 4.12. The number of fused-ring (bicyclic) bond motifs is 1. The summed E-state index contributed by atoms with van der Waals surface area (Å²) >= 11 is 0. The van der Waals surface area contributed by atoms with E-state index in [1.165, 1.54) is 17.2 Å². The summed E-state index contributed by atoms with van der Waals surface area (Å²) in [5, 5.41) is 0. The Hall–Kier alpha value is -2.32. The maximum absolute atomic E-state index is 13.5. The molecule has 1 aliphatic rings. The summed E-state index contributed by atoms with van der Waals surface area (Å²) in [6, 6.07) is 2.49. The molecule has 26 heavy (non-hydrogen) atoms. The number of nitrogens with zero attached hydrogens (tertiary/aromatic N) is 4. The molecule has 3 heterocycles. The molecule has 6 nitrogen and oxygen atoms in total. The zero-order valence-electron chi connectivity index (χ0n) is 14.9. The van der Waals surface area contributed by atoms with Crippen molar-refractivity contribution in [2.24, 2.45) is 0 Å². The average Bonchev–Trinajstić information content (AvgIpc) is 2.93. The Morgan fingerprint density at radius 1 is 1.31 bits per heavy atom. The van der Waals surface area contributed by atoms with Crippen LogP contribution >= 0.6 is 0 Å². The molecule has 0 spiro atoms. The van der Waals surface area contributed by atoms with E-state index in [4.69, 9.17) is 4.74 Å². The number of piperidine rings is 1. The first-order chi connectivity index (χ1) is 12.1. The van der Waals surface area contributed by atoms with E-state index in [9.17, 15) is 18.0 Å². The first-order valence-electron chi connectivity index (χ1n) is 8.44. The first-order valence-corrected chi connectivity index (χ1v) is 8.44. The highest BCUT2D eigenvalue weighted by Crippen LogP contribution is 2.35. The van der Waals surface area contributed by atoms with Crippen LogP contribution in [0.15, 0.2) is 18.3 Å². The molecule has 1 amide bonds. The number of amides is 1. The Labute approximate surface area is 149 Å². The fourth-order valence-corrected chi connectivity index (χ4v) is 3.13. The SMILES string of the molecule is CC(C)(C)OC(=O)N1CCCC(n2c(C(F)(F)F)nc3cccnc32)C1. The number of rotatable bonds is 1. The summed E-state index contributed by atoms with van der Waals surface area (Å²) < 4.78 is 47.0. The van der Waals surface area contributed by atoms with Gasteiger partial charge in [0.1, 0.15) is 11.1 Å². The van der Waals surface area contributed by atoms with Crippen LogP contribution in [-0.2, 0) is 10.9 Å². The molecule has 0 aromatic carbocycles. The minimum atomic E-state index is -4.60. The van der Waals surface area contributed by atoms with Crippen molar-refractivity contribution in [3.8, 4) is 0 Å². The number of aromatic nitrogens is 3. The number of carbonyl (C=O) groups is 1. The topological polar surface area (TPSA) is 60.2 Å². The number of imidazole rings is 1. The van der Waals surface area contributed by atoms with E-state index in [0.717, 1.165) is 4.57 Å². The lowest BCUT2D eigenvalue weighted by Crippen LogP contribution is -2.43. The normalized spacial score (nSPS) is 19.0. The van der Waals surface area contributed by atoms with Crippen LogP contribution in [0.2, 0.25) is 0 Å². The largest absolute Gasteiger partial charge is 0.449 e. The Kier molecular flexibility index (Phi) is 4.58. The summed E-state index contributed by atoms with van der Waals surface area (Å²) in [5.74, 6) is -0.984. The Morgan fingerprint density at radius 2 is 2.04 bits per heavy atom. The van der Waals surface area contributed by atoms with E-state index in [-0.39, 0.29) is 17.7 Å². The lowest BCUT2D eigenvalue weighted by atomic mass is 10.1. The lowest BCUT2D eigenvalue weighted by Gasteiger charge is -2.35. The molecule has 2 aromatic rings. The minimum Gasteiger partial charge on any atom is -0.444 e. The molecular formula is C17H21F3N4O2. The first kappa shape index (κ1) is 18.5. The van der Waals surface area contributed by atoms with Crippen molar-refractivity contribution in [3.63, 3.8) is 0 Å². The predicted octanol–water partition coefficient (Wildman–Crippen LogP) is 4.02. The van der Waals surface area contributed by atoms with Gasteiger partial charge in [0.15, 0.2) is 5.65 Å². The van der Waals surface area contributed by atoms with Crippen molar-refractivity contribution in [1.82, 2.24) is 19.4 Å². The molecular weight excluding hydrogens is 349 g/mol. The number of carbonyl (C=O) groups excluding carboxylic acids is 1. The summed E-state index contributed by atoms with van der Waals surface area (Å²) in [5.41, 5.74) is -0.296. The number of alkyl halides is 3. The standard InChI is InChI=1S/C17H21F3N4O2/c1-16(2,3)26-15(25)23-9-5-6-11(10-23)24-13-12(7-4-8-21-13)22-14(24)17(18,19)20/h4,7-8,11H,5-6,9-10H2,1-3H3. The van der Waals surface area contributed by atoms with E-state index in [0.29, 0.717) is 19.4 Å². The monoisotopic (exact) mass is 370 g/mol. The second-order valence-electron chi connectivity index (χ2n) is 7.37. The van der Waals surface area contributed by atoms with Crippen LogP contribution < -0.4 is 0 Å². The Morgan fingerprint density at radius 3 is 2.69 bits per heavy atom. The number of pyridine rings is 1. The van der Waals surface area contributed by atoms with Crippen molar-refractivity contribution >= 4 is 17.3 Å². The number of likely N-dealkylation sites (tertiary alicyclic amines) is 1. The molecule has 142 valence electrons. The van der Waals surface area contributed by atoms with Gasteiger partial charge in [-0.1, -0.05) is 0 Å². The van der Waals surface area contributed by atoms with Gasteiger partial charge in [0, 0.05) is 19.3 Å². The number of hydrogen-bond donors (Lipinski definition) is 0. The van der Waals surface area contributed by atoms with Crippen LogP contribution in [0.1, 0.15) is 45.5 Å². The summed E-state index contributed by atoms with van der Waals surface area (Å²) in [6.07, 6.45) is -2.60. The third-order valence-corrected chi connectivity index (χ3v) is 4.12. The molecule has 1 aliphatic heterocycles. The number of ether oxygens (including phenoxy) is 1. The maximum atomic E-state index is 13.5. The van der Waals surface area contributed by atoms with Crippen molar-refractivity contribution in [2.45, 2.75) is 51.4 Å². The smallest absolute Gasteiger partial charge is 0.444 e. The molecule has 0 N–H and O–H groups in total. The molecule has 3 rings (SSSR count). The van der Waals surface area contributed by atoms with Crippen LogP contribution in [0.5, 0.6) is 0 Å². The van der Waals surface area contributed by atoms with Gasteiger partial charge in [-0.2, -0.15) is 13.2 Å². The van der Waals surface area contributed by atoms with E-state index >= 15 is 0 Å². The summed E-state index contributed by atoms with van der Waals surface area (Å²) in [6.45, 7) is 5.83. The zero-order valence-corrected chi connectivity index (χ0v) is 14.9. The maximum Gasteiger partial charge on any atom is 0.449 e. The molecule has 0 bridgehead atoms. The number of halogens is 3. The van der Waals surface area contributed by atoms with Gasteiger partial charge in [0.05, 0.1) is 6.04 Å². The van der Waals surface area contributed by atoms with Crippen molar-refractivity contribution < 1.29 is 22.7 Å². The molecule has 1 fully saturated rings. The van der Waals surface area contributed by atoms with Gasteiger partial charge < -0.3 is 14.2 Å². The molecule has 9 heteroatoms. The van der Waals surface area contributed by atoms with Gasteiger partial charge in [0.2, 0.25) is 5.82 Å². The van der Waals surface area contributed by atoms with E-state index < -0.39 is 29.7 Å². The van der Waals surface area contributed by atoms with E-state index in [1.807, 2.05) is 0 Å². The molecule has 1 unspecified atom stereocenters. The van der Waals surface area contributed by atoms with Crippen molar-refractivity contribution in [1.29, 1.82) is 0 Å². The van der Waals surface area contributed by atoms with Crippen molar-refractivity contribution in [3.05, 3.63) is 24.2 Å². The van der Waals surface area contributed by atoms with Gasteiger partial charge in [-0.05, 0) is 45.7 Å². The highest BCUT2D eigenvalue weighted by Gasteiger charge is 2.41. The molecule has 1 saturated heterocycles. The summed E-state index contributed by atoms with van der Waals surface area (Å²) in [4.78, 5) is 21.6. The Bertz CT molecular complexity index is 810. The summed E-state index contributed by atoms with van der Waals surface area (Å²) in [7, 11) is 0. The van der Waals surface area contributed by atoms with Crippen LogP contribution in [-0.4, -0.2) is 44.2 Å². The predicted molar refractivity (Wildman–Crippen MR) is 88.6 cm³/mol. The number of hydrogen-bond acceptors (Lipinski definition) is 4. The quantitative estimate of drug-likeness (QED) is 0.761. The minimum absolute atomic E-state index is 0.125. The van der Waals surface area contributed by atoms with Crippen LogP contribution in [0, 0.1) is 0 Å². The van der Waals surface area contributed by atoms with Crippen LogP contribution in [0.3, 0.4) is 0 Å². The van der Waals surface area contributed by atoms with E-state index in [2.05, 4.69) is 9.97 Å². The highest BCUT2D eigenvalue weighted by molar-refractivity contribution is 5.72. The van der Waals surface area contributed by atoms with E-state index in [1.54, 1.807) is 26.8 Å². The van der Waals surface area contributed by atoms with Gasteiger partial charge in [-0.15, -0.1) is 0 Å². The highest BCUT2D eigenvalue weighted by atomic mass is 19.4. The molecule has 0 aliphatic carbocycles. The molecule has 1 atom stereocenters. The van der Waals surface area contributed by atoms with Crippen LogP contribution in [0.4, 0.5) is 18.0 Å². The Balaban J connectivity index is 1.94. The fourth-order valence-electron chi connectivity index (χ4n) is 3.13. The van der Waals surface area contributed by atoms with Gasteiger partial charge in [0.25, 0.3) is 0 Å². The van der Waals surface area contributed by atoms with Crippen molar-refractivity contribution in [2.75, 3.05) is 13.1 Å².